The van der Waals surface area contributed by atoms with Crippen molar-refractivity contribution in [3.63, 3.8) is 0 Å². The molecular formula is C26H27ClN2O4. The Bertz CT molecular complexity index is 1150. The van der Waals surface area contributed by atoms with E-state index in [2.05, 4.69) is 0 Å². The topological polar surface area (TPSA) is 73.6 Å². The summed E-state index contributed by atoms with van der Waals surface area (Å²) in [7, 11) is 0. The molecule has 1 saturated carbocycles. The molecule has 3 aromatic rings. The average molecular weight is 467 g/mol. The molecule has 0 saturated heterocycles. The van der Waals surface area contributed by atoms with Crippen LogP contribution in [-0.4, -0.2) is 27.6 Å². The Morgan fingerprint density at radius 3 is 2.55 bits per heavy atom. The van der Waals surface area contributed by atoms with Crippen molar-refractivity contribution < 1.29 is 19.4 Å². The molecular weight excluding hydrogens is 440 g/mol. The second-order valence-corrected chi connectivity index (χ2v) is 9.24. The lowest BCUT2D eigenvalue weighted by molar-refractivity contribution is 0.0681. The van der Waals surface area contributed by atoms with E-state index in [0.29, 0.717) is 46.7 Å². The molecule has 6 nitrogen and oxygen atoms in total. The number of hydrogen-bond donors (Lipinski definition) is 1. The molecule has 0 spiro atoms. The van der Waals surface area contributed by atoms with Crippen LogP contribution in [0.4, 0.5) is 0 Å². The van der Waals surface area contributed by atoms with Crippen molar-refractivity contribution in [3.8, 4) is 22.8 Å². The van der Waals surface area contributed by atoms with Gasteiger partial charge in [-0.25, -0.2) is 4.79 Å². The van der Waals surface area contributed by atoms with Gasteiger partial charge in [0.2, 0.25) is 6.79 Å². The number of carbonyl (C=O) groups is 1. The first-order chi connectivity index (χ1) is 16.1. The third kappa shape index (κ3) is 4.58. The van der Waals surface area contributed by atoms with Gasteiger partial charge in [-0.1, -0.05) is 74.0 Å². The Balaban J connectivity index is 1.54. The third-order valence-electron chi connectivity index (χ3n) is 6.68. The van der Waals surface area contributed by atoms with Crippen LogP contribution in [0, 0.1) is 5.92 Å². The fourth-order valence-corrected chi connectivity index (χ4v) is 5.18. The molecule has 1 aliphatic carbocycles. The highest BCUT2D eigenvalue weighted by Crippen LogP contribution is 2.39. The molecule has 2 heterocycles. The Morgan fingerprint density at radius 1 is 1.09 bits per heavy atom. The van der Waals surface area contributed by atoms with Crippen molar-refractivity contribution >= 4 is 17.6 Å². The maximum absolute atomic E-state index is 12.5. The molecule has 1 aromatic heterocycles. The van der Waals surface area contributed by atoms with Gasteiger partial charge in [0, 0.05) is 35.2 Å². The third-order valence-corrected chi connectivity index (χ3v) is 7.03. The van der Waals surface area contributed by atoms with Gasteiger partial charge < -0.3 is 14.6 Å². The molecule has 0 atom stereocenters. The zero-order valence-electron chi connectivity index (χ0n) is 18.4. The normalized spacial score (nSPS) is 15.7. The quantitative estimate of drug-likeness (QED) is 0.449. The number of benzene rings is 2. The predicted octanol–water partition coefficient (Wildman–Crippen LogP) is 6.19. The van der Waals surface area contributed by atoms with E-state index in [1.54, 1.807) is 10.7 Å². The number of nitrogens with zero attached hydrogens (tertiary/aromatic N) is 2. The minimum absolute atomic E-state index is 0.157. The summed E-state index contributed by atoms with van der Waals surface area (Å²) in [5.74, 6) is 0.891. The highest BCUT2D eigenvalue weighted by Gasteiger charge is 2.27. The Morgan fingerprint density at radius 2 is 1.82 bits per heavy atom. The van der Waals surface area contributed by atoms with Gasteiger partial charge in [-0.15, -0.1) is 0 Å². The molecule has 0 unspecified atom stereocenters. The van der Waals surface area contributed by atoms with Crippen LogP contribution in [0.5, 0.6) is 11.5 Å². The Hall–Kier alpha value is -2.99. The molecule has 5 rings (SSSR count). The predicted molar refractivity (Wildman–Crippen MR) is 126 cm³/mol. The lowest BCUT2D eigenvalue weighted by atomic mass is 9.87. The van der Waals surface area contributed by atoms with Crippen LogP contribution in [0.15, 0.2) is 42.5 Å². The number of fused-ring (bicyclic) bond motifs is 1. The molecule has 1 N–H and O–H groups in total. The minimum Gasteiger partial charge on any atom is -0.477 e. The zero-order valence-corrected chi connectivity index (χ0v) is 19.2. The minimum atomic E-state index is -0.972. The van der Waals surface area contributed by atoms with E-state index in [9.17, 15) is 9.90 Å². The van der Waals surface area contributed by atoms with E-state index in [1.165, 1.54) is 32.1 Å². The standard InChI is InChI=1S/C26H27ClN2O4/c27-21-15-23-22(32-16-33-23)14-19(21)13-20-24(18-9-5-2-6-10-18)28-29(25(20)26(30)31)12-11-17-7-3-1-4-8-17/h2,5-6,9-10,14-15,17H,1,3-4,7-8,11-13,16H2,(H,30,31). The molecule has 0 bridgehead atoms. The van der Waals surface area contributed by atoms with Gasteiger partial charge in [0.1, 0.15) is 5.69 Å². The number of aromatic carboxylic acids is 1. The SMILES string of the molecule is O=C(O)c1c(Cc2cc3c(cc2Cl)OCO3)c(-c2ccccc2)nn1CCC1CCCCC1. The van der Waals surface area contributed by atoms with Crippen LogP contribution >= 0.6 is 11.6 Å². The van der Waals surface area contributed by atoms with Crippen molar-refractivity contribution in [1.82, 2.24) is 9.78 Å². The molecule has 1 aliphatic heterocycles. The van der Waals surface area contributed by atoms with Crippen molar-refractivity contribution in [2.45, 2.75) is 51.5 Å². The monoisotopic (exact) mass is 466 g/mol. The number of ether oxygens (including phenoxy) is 2. The van der Waals surface area contributed by atoms with Gasteiger partial charge in [-0.05, 0) is 24.0 Å². The average Bonchev–Trinajstić information content (AvgIpc) is 3.43. The summed E-state index contributed by atoms with van der Waals surface area (Å²) in [5.41, 5.74) is 3.26. The van der Waals surface area contributed by atoms with Crippen LogP contribution in [0.1, 0.15) is 60.1 Å². The van der Waals surface area contributed by atoms with E-state index >= 15 is 0 Å². The number of carboxylic acids is 1. The molecule has 2 aliphatic rings. The number of aryl methyl sites for hydroxylation is 1. The number of carboxylic acid groups (broad SMARTS) is 1. The van der Waals surface area contributed by atoms with Crippen LogP contribution in [-0.2, 0) is 13.0 Å². The van der Waals surface area contributed by atoms with Crippen LogP contribution < -0.4 is 9.47 Å². The molecule has 0 amide bonds. The first kappa shape index (κ1) is 21.8. The highest BCUT2D eigenvalue weighted by atomic mass is 35.5. The molecule has 1 fully saturated rings. The lowest BCUT2D eigenvalue weighted by Gasteiger charge is -2.21. The van der Waals surface area contributed by atoms with Gasteiger partial charge in [0.25, 0.3) is 0 Å². The van der Waals surface area contributed by atoms with E-state index < -0.39 is 5.97 Å². The highest BCUT2D eigenvalue weighted by molar-refractivity contribution is 6.31. The molecule has 172 valence electrons. The summed E-state index contributed by atoms with van der Waals surface area (Å²) in [6.45, 7) is 0.755. The van der Waals surface area contributed by atoms with Crippen LogP contribution in [0.3, 0.4) is 0 Å². The number of aromatic nitrogens is 2. The van der Waals surface area contributed by atoms with Gasteiger partial charge in [0.05, 0.1) is 5.69 Å². The Labute approximate surface area is 198 Å². The first-order valence-corrected chi connectivity index (χ1v) is 11.9. The van der Waals surface area contributed by atoms with Crippen molar-refractivity contribution in [1.29, 1.82) is 0 Å². The molecule has 2 aromatic carbocycles. The number of hydrogen-bond acceptors (Lipinski definition) is 4. The Kier molecular flexibility index (Phi) is 6.27. The van der Waals surface area contributed by atoms with E-state index in [4.69, 9.17) is 26.2 Å². The smallest absolute Gasteiger partial charge is 0.354 e. The maximum atomic E-state index is 12.5. The summed E-state index contributed by atoms with van der Waals surface area (Å²) < 4.78 is 12.6. The van der Waals surface area contributed by atoms with E-state index in [0.717, 1.165) is 17.5 Å². The van der Waals surface area contributed by atoms with Crippen molar-refractivity contribution in [2.75, 3.05) is 6.79 Å². The lowest BCUT2D eigenvalue weighted by Crippen LogP contribution is -2.15. The summed E-state index contributed by atoms with van der Waals surface area (Å²) in [6.07, 6.45) is 7.55. The summed E-state index contributed by atoms with van der Waals surface area (Å²) in [5, 5.41) is 15.5. The van der Waals surface area contributed by atoms with Crippen LogP contribution in [0.2, 0.25) is 5.02 Å². The molecule has 0 radical (unpaired) electrons. The van der Waals surface area contributed by atoms with Crippen molar-refractivity contribution in [3.05, 3.63) is 64.3 Å². The molecule has 33 heavy (non-hydrogen) atoms. The summed E-state index contributed by atoms with van der Waals surface area (Å²) >= 11 is 6.55. The van der Waals surface area contributed by atoms with E-state index in [-0.39, 0.29) is 12.5 Å². The zero-order chi connectivity index (χ0) is 22.8. The van der Waals surface area contributed by atoms with Gasteiger partial charge in [-0.3, -0.25) is 4.68 Å². The number of halogens is 1. The summed E-state index contributed by atoms with van der Waals surface area (Å²) in [4.78, 5) is 12.5. The first-order valence-electron chi connectivity index (χ1n) is 11.6. The largest absolute Gasteiger partial charge is 0.477 e. The second kappa shape index (κ2) is 9.48. The van der Waals surface area contributed by atoms with Crippen molar-refractivity contribution in [2.24, 2.45) is 5.92 Å². The summed E-state index contributed by atoms with van der Waals surface area (Å²) in [6, 6.07) is 13.3. The fraction of sp³-hybridized carbons (Fsp3) is 0.385. The number of rotatable bonds is 7. The van der Waals surface area contributed by atoms with Gasteiger partial charge >= 0.3 is 5.97 Å². The molecule has 7 heteroatoms. The maximum Gasteiger partial charge on any atom is 0.354 e. The second-order valence-electron chi connectivity index (χ2n) is 8.84. The van der Waals surface area contributed by atoms with Gasteiger partial charge in [-0.2, -0.15) is 5.10 Å². The van der Waals surface area contributed by atoms with Crippen LogP contribution in [0.25, 0.3) is 11.3 Å². The van der Waals surface area contributed by atoms with E-state index in [1.807, 2.05) is 36.4 Å². The fourth-order valence-electron chi connectivity index (χ4n) is 4.96. The van der Waals surface area contributed by atoms with Gasteiger partial charge in [0.15, 0.2) is 11.5 Å².